The van der Waals surface area contributed by atoms with Crippen molar-refractivity contribution in [3.8, 4) is 5.75 Å². The fourth-order valence-corrected chi connectivity index (χ4v) is 1.30. The number of hydrogen-bond acceptors (Lipinski definition) is 3. The molecule has 0 spiro atoms. The summed E-state index contributed by atoms with van der Waals surface area (Å²) in [6, 6.07) is 4.37. The lowest BCUT2D eigenvalue weighted by molar-refractivity contribution is -0.115. The molecule has 1 rings (SSSR count). The van der Waals surface area contributed by atoms with Crippen LogP contribution in [0.1, 0.15) is 13.8 Å². The Morgan fingerprint density at radius 1 is 1.47 bits per heavy atom. The van der Waals surface area contributed by atoms with Crippen molar-refractivity contribution >= 4 is 11.6 Å². The Balaban J connectivity index is 2.72. The SMILES string of the molecule is CNCC(=O)Nc1ccc(OC(C)C)cc1F. The van der Waals surface area contributed by atoms with Crippen LogP contribution in [-0.2, 0) is 4.79 Å². The maximum atomic E-state index is 13.6. The second-order valence-electron chi connectivity index (χ2n) is 3.89. The number of nitrogens with one attached hydrogen (secondary N) is 2. The van der Waals surface area contributed by atoms with Gasteiger partial charge in [-0.25, -0.2) is 4.39 Å². The topological polar surface area (TPSA) is 50.4 Å². The fourth-order valence-electron chi connectivity index (χ4n) is 1.30. The summed E-state index contributed by atoms with van der Waals surface area (Å²) in [5, 5.41) is 5.15. The maximum absolute atomic E-state index is 13.6. The molecule has 0 heterocycles. The highest BCUT2D eigenvalue weighted by Crippen LogP contribution is 2.21. The maximum Gasteiger partial charge on any atom is 0.238 e. The van der Waals surface area contributed by atoms with Crippen LogP contribution in [0.2, 0.25) is 0 Å². The van der Waals surface area contributed by atoms with Crippen LogP contribution in [-0.4, -0.2) is 25.6 Å². The van der Waals surface area contributed by atoms with Crippen molar-refractivity contribution in [1.29, 1.82) is 0 Å². The van der Waals surface area contributed by atoms with Crippen molar-refractivity contribution in [2.75, 3.05) is 18.9 Å². The molecule has 5 heteroatoms. The second kappa shape index (κ2) is 6.20. The summed E-state index contributed by atoms with van der Waals surface area (Å²) in [4.78, 5) is 11.3. The molecule has 0 aliphatic heterocycles. The van der Waals surface area contributed by atoms with Gasteiger partial charge in [0.25, 0.3) is 0 Å². The third-order valence-corrected chi connectivity index (χ3v) is 1.92. The molecule has 2 N–H and O–H groups in total. The number of rotatable bonds is 5. The van der Waals surface area contributed by atoms with Gasteiger partial charge in [-0.15, -0.1) is 0 Å². The number of anilines is 1. The average Bonchev–Trinajstić information content (AvgIpc) is 2.21. The Kier molecular flexibility index (Phi) is 4.90. The summed E-state index contributed by atoms with van der Waals surface area (Å²) >= 11 is 0. The van der Waals surface area contributed by atoms with Crippen LogP contribution in [0.4, 0.5) is 10.1 Å². The molecule has 1 aromatic rings. The molecular weight excluding hydrogens is 223 g/mol. The van der Waals surface area contributed by atoms with Gasteiger partial charge in [-0.3, -0.25) is 4.79 Å². The zero-order valence-corrected chi connectivity index (χ0v) is 10.2. The van der Waals surface area contributed by atoms with E-state index in [1.807, 2.05) is 13.8 Å². The van der Waals surface area contributed by atoms with Crippen molar-refractivity contribution in [3.63, 3.8) is 0 Å². The minimum atomic E-state index is -0.507. The van der Waals surface area contributed by atoms with Crippen LogP contribution in [0.3, 0.4) is 0 Å². The van der Waals surface area contributed by atoms with Crippen LogP contribution in [0.15, 0.2) is 18.2 Å². The van der Waals surface area contributed by atoms with E-state index in [0.29, 0.717) is 5.75 Å². The van der Waals surface area contributed by atoms with E-state index in [1.165, 1.54) is 12.1 Å². The Morgan fingerprint density at radius 3 is 2.71 bits per heavy atom. The zero-order valence-electron chi connectivity index (χ0n) is 10.2. The lowest BCUT2D eigenvalue weighted by Gasteiger charge is -2.11. The predicted octanol–water partition coefficient (Wildman–Crippen LogP) is 1.77. The molecule has 0 unspecified atom stereocenters. The molecule has 4 nitrogen and oxygen atoms in total. The Bertz CT molecular complexity index is 394. The largest absolute Gasteiger partial charge is 0.491 e. The molecular formula is C12H17FN2O2. The van der Waals surface area contributed by atoms with E-state index in [-0.39, 0.29) is 24.2 Å². The quantitative estimate of drug-likeness (QED) is 0.824. The summed E-state index contributed by atoms with van der Waals surface area (Å²) in [6.45, 7) is 3.87. The zero-order chi connectivity index (χ0) is 12.8. The smallest absolute Gasteiger partial charge is 0.238 e. The van der Waals surface area contributed by atoms with Crippen LogP contribution in [0.25, 0.3) is 0 Å². The molecule has 0 aliphatic carbocycles. The molecule has 17 heavy (non-hydrogen) atoms. The van der Waals surface area contributed by atoms with Gasteiger partial charge in [0.15, 0.2) is 0 Å². The van der Waals surface area contributed by atoms with Gasteiger partial charge >= 0.3 is 0 Å². The van der Waals surface area contributed by atoms with Gasteiger partial charge < -0.3 is 15.4 Å². The first-order valence-electron chi connectivity index (χ1n) is 5.43. The summed E-state index contributed by atoms with van der Waals surface area (Å²) in [5.41, 5.74) is 0.154. The summed E-state index contributed by atoms with van der Waals surface area (Å²) in [6.07, 6.45) is -0.0147. The van der Waals surface area contributed by atoms with E-state index in [2.05, 4.69) is 10.6 Å². The molecule has 0 saturated carbocycles. The number of carbonyl (C=O) groups excluding carboxylic acids is 1. The highest BCUT2D eigenvalue weighted by molar-refractivity contribution is 5.92. The Morgan fingerprint density at radius 2 is 2.18 bits per heavy atom. The van der Waals surface area contributed by atoms with Gasteiger partial charge in [-0.1, -0.05) is 0 Å². The van der Waals surface area contributed by atoms with Crippen molar-refractivity contribution in [2.45, 2.75) is 20.0 Å². The first-order chi connectivity index (χ1) is 8.02. The van der Waals surface area contributed by atoms with Crippen LogP contribution >= 0.6 is 0 Å². The van der Waals surface area contributed by atoms with Crippen LogP contribution < -0.4 is 15.4 Å². The Hall–Kier alpha value is -1.62. The molecule has 0 saturated heterocycles. The number of hydrogen-bond donors (Lipinski definition) is 2. The third-order valence-electron chi connectivity index (χ3n) is 1.92. The molecule has 0 aromatic heterocycles. The number of amides is 1. The normalized spacial score (nSPS) is 10.4. The summed E-state index contributed by atoms with van der Waals surface area (Å²) < 4.78 is 18.9. The van der Waals surface area contributed by atoms with Gasteiger partial charge in [0.2, 0.25) is 5.91 Å². The first-order valence-corrected chi connectivity index (χ1v) is 5.43. The highest BCUT2D eigenvalue weighted by Gasteiger charge is 2.08. The summed E-state index contributed by atoms with van der Waals surface area (Å²) in [7, 11) is 1.65. The van der Waals surface area contributed by atoms with E-state index in [0.717, 1.165) is 0 Å². The minimum absolute atomic E-state index is 0.0147. The van der Waals surface area contributed by atoms with Gasteiger partial charge in [-0.2, -0.15) is 0 Å². The predicted molar refractivity (Wildman–Crippen MR) is 64.7 cm³/mol. The molecule has 0 fully saturated rings. The van der Waals surface area contributed by atoms with E-state index in [4.69, 9.17) is 4.74 Å². The number of ether oxygens (including phenoxy) is 1. The molecule has 0 aliphatic rings. The fraction of sp³-hybridized carbons (Fsp3) is 0.417. The van der Waals surface area contributed by atoms with Crippen molar-refractivity contribution < 1.29 is 13.9 Å². The lowest BCUT2D eigenvalue weighted by atomic mass is 10.2. The van der Waals surface area contributed by atoms with Crippen molar-refractivity contribution in [3.05, 3.63) is 24.0 Å². The van der Waals surface area contributed by atoms with Gasteiger partial charge in [-0.05, 0) is 33.0 Å². The number of carbonyl (C=O) groups is 1. The minimum Gasteiger partial charge on any atom is -0.491 e. The van der Waals surface area contributed by atoms with Crippen LogP contribution in [0.5, 0.6) is 5.75 Å². The first kappa shape index (κ1) is 13.4. The van der Waals surface area contributed by atoms with Gasteiger partial charge in [0.1, 0.15) is 11.6 Å². The van der Waals surface area contributed by atoms with Crippen LogP contribution in [0, 0.1) is 5.82 Å². The molecule has 0 atom stereocenters. The monoisotopic (exact) mass is 240 g/mol. The lowest BCUT2D eigenvalue weighted by Crippen LogP contribution is -2.25. The third kappa shape index (κ3) is 4.40. The molecule has 1 aromatic carbocycles. The second-order valence-corrected chi connectivity index (χ2v) is 3.89. The van der Waals surface area contributed by atoms with Crippen molar-refractivity contribution in [1.82, 2.24) is 5.32 Å². The van der Waals surface area contributed by atoms with Crippen molar-refractivity contribution in [2.24, 2.45) is 0 Å². The molecule has 1 amide bonds. The van der Waals surface area contributed by atoms with E-state index in [9.17, 15) is 9.18 Å². The molecule has 94 valence electrons. The standard InChI is InChI=1S/C12H17FN2O2/c1-8(2)17-9-4-5-11(10(13)6-9)15-12(16)7-14-3/h4-6,8,14H,7H2,1-3H3,(H,15,16). The van der Waals surface area contributed by atoms with E-state index < -0.39 is 5.82 Å². The Labute approximate surface area is 100 Å². The van der Waals surface area contributed by atoms with E-state index >= 15 is 0 Å². The molecule has 0 radical (unpaired) electrons. The van der Waals surface area contributed by atoms with E-state index in [1.54, 1.807) is 13.1 Å². The number of likely N-dealkylation sites (N-methyl/N-ethyl adjacent to an activating group) is 1. The molecule has 0 bridgehead atoms. The van der Waals surface area contributed by atoms with Gasteiger partial charge in [0, 0.05) is 6.07 Å². The summed E-state index contributed by atoms with van der Waals surface area (Å²) in [5.74, 6) is -0.347. The average molecular weight is 240 g/mol. The number of benzene rings is 1. The van der Waals surface area contributed by atoms with Gasteiger partial charge in [0.05, 0.1) is 18.3 Å². The number of halogens is 1. The highest BCUT2D eigenvalue weighted by atomic mass is 19.1.